The van der Waals surface area contributed by atoms with E-state index in [1.165, 1.54) is 16.7 Å². The number of rotatable bonds is 4. The van der Waals surface area contributed by atoms with Crippen molar-refractivity contribution in [2.45, 2.75) is 19.8 Å². The molecule has 2 aromatic rings. The molecule has 0 N–H and O–H groups in total. The van der Waals surface area contributed by atoms with E-state index in [2.05, 4.69) is 49.4 Å². The largest absolute Gasteiger partial charge is 0.497 e. The van der Waals surface area contributed by atoms with Crippen molar-refractivity contribution in [3.8, 4) is 16.9 Å². The van der Waals surface area contributed by atoms with Crippen molar-refractivity contribution in [2.24, 2.45) is 0 Å². The lowest BCUT2D eigenvalue weighted by atomic mass is 10.0. The maximum atomic E-state index is 5.36. The summed E-state index contributed by atoms with van der Waals surface area (Å²) in [6, 6.07) is 16.9. The highest BCUT2D eigenvalue weighted by Gasteiger charge is 2.02. The Morgan fingerprint density at radius 3 is 2.35 bits per heavy atom. The first-order chi connectivity index (χ1) is 8.33. The highest BCUT2D eigenvalue weighted by molar-refractivity contribution is 5.66. The van der Waals surface area contributed by atoms with Gasteiger partial charge in [0.1, 0.15) is 5.75 Å². The Labute approximate surface area is 103 Å². The second-order valence-corrected chi connectivity index (χ2v) is 4.19. The van der Waals surface area contributed by atoms with Crippen molar-refractivity contribution in [2.75, 3.05) is 7.11 Å². The summed E-state index contributed by atoms with van der Waals surface area (Å²) in [6.45, 7) is 2.20. The van der Waals surface area contributed by atoms with Gasteiger partial charge in [0.15, 0.2) is 0 Å². The van der Waals surface area contributed by atoms with Crippen LogP contribution in [0.5, 0.6) is 5.75 Å². The molecule has 0 unspecified atom stereocenters. The lowest BCUT2D eigenvalue weighted by molar-refractivity contribution is 0.414. The molecule has 0 saturated heterocycles. The van der Waals surface area contributed by atoms with E-state index in [4.69, 9.17) is 4.74 Å². The first kappa shape index (κ1) is 11.7. The van der Waals surface area contributed by atoms with Crippen molar-refractivity contribution >= 4 is 0 Å². The third-order valence-electron chi connectivity index (χ3n) is 2.85. The molecule has 0 aliphatic carbocycles. The molecule has 0 aliphatic rings. The molecule has 0 fully saturated rings. The van der Waals surface area contributed by atoms with Gasteiger partial charge in [0, 0.05) is 0 Å². The number of ether oxygens (including phenoxy) is 1. The first-order valence-electron chi connectivity index (χ1n) is 6.07. The highest BCUT2D eigenvalue weighted by atomic mass is 16.5. The Morgan fingerprint density at radius 1 is 0.941 bits per heavy atom. The van der Waals surface area contributed by atoms with Gasteiger partial charge in [0.05, 0.1) is 7.11 Å². The zero-order valence-corrected chi connectivity index (χ0v) is 10.4. The van der Waals surface area contributed by atoms with Crippen molar-refractivity contribution in [3.05, 3.63) is 54.1 Å². The quantitative estimate of drug-likeness (QED) is 0.754. The predicted octanol–water partition coefficient (Wildman–Crippen LogP) is 4.31. The molecule has 0 heterocycles. The summed E-state index contributed by atoms with van der Waals surface area (Å²) in [7, 11) is 1.72. The monoisotopic (exact) mass is 226 g/mol. The summed E-state index contributed by atoms with van der Waals surface area (Å²) < 4.78 is 5.36. The molecule has 0 amide bonds. The fourth-order valence-corrected chi connectivity index (χ4v) is 2.01. The molecule has 0 radical (unpaired) electrons. The SMILES string of the molecule is CCCc1cc(OC)cc(-c2ccccc2)c1. The van der Waals surface area contributed by atoms with Crippen LogP contribution >= 0.6 is 0 Å². The number of aryl methyl sites for hydroxylation is 1. The molecule has 17 heavy (non-hydrogen) atoms. The average molecular weight is 226 g/mol. The van der Waals surface area contributed by atoms with Gasteiger partial charge < -0.3 is 4.74 Å². The van der Waals surface area contributed by atoms with E-state index < -0.39 is 0 Å². The van der Waals surface area contributed by atoms with Crippen LogP contribution in [0, 0.1) is 0 Å². The summed E-state index contributed by atoms with van der Waals surface area (Å²) >= 11 is 0. The number of benzene rings is 2. The molecule has 0 atom stereocenters. The van der Waals surface area contributed by atoms with Gasteiger partial charge in [-0.3, -0.25) is 0 Å². The molecule has 0 aliphatic heterocycles. The van der Waals surface area contributed by atoms with E-state index in [0.29, 0.717) is 0 Å². The van der Waals surface area contributed by atoms with Crippen LogP contribution in [0.4, 0.5) is 0 Å². The highest BCUT2D eigenvalue weighted by Crippen LogP contribution is 2.26. The van der Waals surface area contributed by atoms with Crippen molar-refractivity contribution in [3.63, 3.8) is 0 Å². The minimum atomic E-state index is 0.940. The van der Waals surface area contributed by atoms with Crippen LogP contribution in [0.25, 0.3) is 11.1 Å². The predicted molar refractivity (Wildman–Crippen MR) is 72.4 cm³/mol. The van der Waals surface area contributed by atoms with Crippen LogP contribution in [0.3, 0.4) is 0 Å². The summed E-state index contributed by atoms with van der Waals surface area (Å²) in [5.41, 5.74) is 3.81. The molecule has 88 valence electrons. The molecule has 1 nitrogen and oxygen atoms in total. The molecule has 1 heteroatoms. The van der Waals surface area contributed by atoms with E-state index in [1.54, 1.807) is 7.11 Å². The molecule has 0 spiro atoms. The number of hydrogen-bond donors (Lipinski definition) is 0. The minimum absolute atomic E-state index is 0.940. The summed E-state index contributed by atoms with van der Waals surface area (Å²) in [5, 5.41) is 0. The van der Waals surface area contributed by atoms with E-state index >= 15 is 0 Å². The summed E-state index contributed by atoms with van der Waals surface area (Å²) in [4.78, 5) is 0. The van der Waals surface area contributed by atoms with Gasteiger partial charge in [0.2, 0.25) is 0 Å². The van der Waals surface area contributed by atoms with Crippen molar-refractivity contribution < 1.29 is 4.74 Å². The van der Waals surface area contributed by atoms with Crippen LogP contribution in [0.2, 0.25) is 0 Å². The fourth-order valence-electron chi connectivity index (χ4n) is 2.01. The smallest absolute Gasteiger partial charge is 0.119 e. The Bertz CT molecular complexity index is 474. The Hall–Kier alpha value is -1.76. The molecule has 0 bridgehead atoms. The number of hydrogen-bond acceptors (Lipinski definition) is 1. The maximum Gasteiger partial charge on any atom is 0.119 e. The second-order valence-electron chi connectivity index (χ2n) is 4.19. The Morgan fingerprint density at radius 2 is 1.71 bits per heavy atom. The van der Waals surface area contributed by atoms with Gasteiger partial charge in [-0.2, -0.15) is 0 Å². The van der Waals surface area contributed by atoms with Crippen LogP contribution in [-0.4, -0.2) is 7.11 Å². The fraction of sp³-hybridized carbons (Fsp3) is 0.250. The van der Waals surface area contributed by atoms with Crippen molar-refractivity contribution in [1.29, 1.82) is 0 Å². The zero-order chi connectivity index (χ0) is 12.1. The molecule has 2 rings (SSSR count). The molecular weight excluding hydrogens is 208 g/mol. The van der Waals surface area contributed by atoms with Gasteiger partial charge in [-0.05, 0) is 35.2 Å². The summed E-state index contributed by atoms with van der Waals surface area (Å²) in [5.74, 6) is 0.940. The first-order valence-corrected chi connectivity index (χ1v) is 6.07. The second kappa shape index (κ2) is 5.53. The molecule has 0 saturated carbocycles. The summed E-state index contributed by atoms with van der Waals surface area (Å²) in [6.07, 6.45) is 2.25. The molecule has 0 aromatic heterocycles. The zero-order valence-electron chi connectivity index (χ0n) is 10.4. The van der Waals surface area contributed by atoms with Gasteiger partial charge in [-0.1, -0.05) is 49.7 Å². The maximum absolute atomic E-state index is 5.36. The lowest BCUT2D eigenvalue weighted by Crippen LogP contribution is -1.89. The Balaban J connectivity index is 2.43. The van der Waals surface area contributed by atoms with E-state index in [0.717, 1.165) is 18.6 Å². The Kier molecular flexibility index (Phi) is 3.81. The minimum Gasteiger partial charge on any atom is -0.497 e. The third kappa shape index (κ3) is 2.88. The topological polar surface area (TPSA) is 9.23 Å². The van der Waals surface area contributed by atoms with Gasteiger partial charge in [-0.25, -0.2) is 0 Å². The van der Waals surface area contributed by atoms with Crippen LogP contribution in [-0.2, 0) is 6.42 Å². The average Bonchev–Trinajstić information content (AvgIpc) is 2.40. The standard InChI is InChI=1S/C16H18O/c1-3-7-13-10-15(12-16(11-13)17-2)14-8-5-4-6-9-14/h4-6,8-12H,3,7H2,1-2H3. The third-order valence-corrected chi connectivity index (χ3v) is 2.85. The number of methoxy groups -OCH3 is 1. The van der Waals surface area contributed by atoms with Gasteiger partial charge >= 0.3 is 0 Å². The van der Waals surface area contributed by atoms with E-state index in [9.17, 15) is 0 Å². The van der Waals surface area contributed by atoms with Crippen LogP contribution in [0.1, 0.15) is 18.9 Å². The van der Waals surface area contributed by atoms with Gasteiger partial charge in [0.25, 0.3) is 0 Å². The lowest BCUT2D eigenvalue weighted by Gasteiger charge is -2.08. The van der Waals surface area contributed by atoms with Crippen LogP contribution < -0.4 is 4.74 Å². The normalized spacial score (nSPS) is 10.2. The van der Waals surface area contributed by atoms with Gasteiger partial charge in [-0.15, -0.1) is 0 Å². The molecule has 2 aromatic carbocycles. The van der Waals surface area contributed by atoms with E-state index in [1.807, 2.05) is 6.07 Å². The van der Waals surface area contributed by atoms with Crippen LogP contribution in [0.15, 0.2) is 48.5 Å². The van der Waals surface area contributed by atoms with E-state index in [-0.39, 0.29) is 0 Å². The molecular formula is C16H18O. The van der Waals surface area contributed by atoms with Crippen molar-refractivity contribution in [1.82, 2.24) is 0 Å².